The van der Waals surface area contributed by atoms with E-state index in [0.717, 1.165) is 0 Å². The minimum atomic E-state index is -0.794. The fourth-order valence-corrected chi connectivity index (χ4v) is 0.661. The molecule has 13 heavy (non-hydrogen) atoms. The molecule has 0 heterocycles. The van der Waals surface area contributed by atoms with Crippen LogP contribution < -0.4 is 11.5 Å². The zero-order valence-corrected chi connectivity index (χ0v) is 7.58. The lowest BCUT2D eigenvalue weighted by atomic mass is 10.1. The van der Waals surface area contributed by atoms with Crippen molar-refractivity contribution in [1.82, 2.24) is 0 Å². The van der Waals surface area contributed by atoms with Crippen LogP contribution >= 0.6 is 0 Å². The summed E-state index contributed by atoms with van der Waals surface area (Å²) >= 11 is 0. The second-order valence-corrected chi connectivity index (χ2v) is 2.72. The molecule has 5 nitrogen and oxygen atoms in total. The Morgan fingerprint density at radius 3 is 2.46 bits per heavy atom. The van der Waals surface area contributed by atoms with Crippen molar-refractivity contribution in [2.24, 2.45) is 11.5 Å². The first kappa shape index (κ1) is 11.6. The molecular weight excluding hydrogens is 172 g/mol. The van der Waals surface area contributed by atoms with E-state index in [1.165, 1.54) is 0 Å². The first-order valence-electron chi connectivity index (χ1n) is 3.84. The Morgan fingerprint density at radius 2 is 2.08 bits per heavy atom. The number of hydrogen-bond donors (Lipinski definition) is 2. The van der Waals surface area contributed by atoms with Crippen LogP contribution in [0, 0.1) is 0 Å². The van der Waals surface area contributed by atoms with Gasteiger partial charge in [-0.15, -0.1) is 0 Å². The molecule has 1 atom stereocenters. The molecule has 0 unspecified atom stereocenters. The third-order valence-corrected chi connectivity index (χ3v) is 1.31. The fourth-order valence-electron chi connectivity index (χ4n) is 0.661. The van der Waals surface area contributed by atoms with Gasteiger partial charge in [-0.2, -0.15) is 0 Å². The Morgan fingerprint density at radius 1 is 1.54 bits per heavy atom. The number of ether oxygens (including phenoxy) is 1. The Bertz CT molecular complexity index is 225. The van der Waals surface area contributed by atoms with Crippen LogP contribution in [-0.2, 0) is 14.3 Å². The summed E-state index contributed by atoms with van der Waals surface area (Å²) in [6.07, 6.45) is 0.262. The van der Waals surface area contributed by atoms with Gasteiger partial charge in [-0.1, -0.05) is 6.58 Å². The van der Waals surface area contributed by atoms with E-state index in [2.05, 4.69) is 11.3 Å². The molecule has 0 fully saturated rings. The van der Waals surface area contributed by atoms with Gasteiger partial charge in [-0.3, -0.25) is 9.59 Å². The monoisotopic (exact) mass is 186 g/mol. The van der Waals surface area contributed by atoms with Crippen molar-refractivity contribution in [3.8, 4) is 0 Å². The average molecular weight is 186 g/mol. The number of esters is 1. The molecule has 0 aliphatic rings. The molecule has 0 radical (unpaired) electrons. The molecule has 4 N–H and O–H groups in total. The van der Waals surface area contributed by atoms with Gasteiger partial charge in [-0.25, -0.2) is 0 Å². The average Bonchev–Trinajstić information content (AvgIpc) is 1.98. The van der Waals surface area contributed by atoms with E-state index in [1.807, 2.05) is 0 Å². The highest BCUT2D eigenvalue weighted by Gasteiger charge is 2.12. The number of rotatable bonds is 5. The number of carbonyl (C=O) groups is 2. The second-order valence-electron chi connectivity index (χ2n) is 2.72. The van der Waals surface area contributed by atoms with Crippen LogP contribution in [0.3, 0.4) is 0 Å². The highest BCUT2D eigenvalue weighted by Crippen LogP contribution is 2.00. The third-order valence-electron chi connectivity index (χ3n) is 1.31. The quantitative estimate of drug-likeness (QED) is 0.453. The van der Waals surface area contributed by atoms with Crippen LogP contribution in [0.1, 0.15) is 19.8 Å². The van der Waals surface area contributed by atoms with Gasteiger partial charge < -0.3 is 16.2 Å². The maximum atomic E-state index is 10.9. The van der Waals surface area contributed by atoms with Crippen LogP contribution in [0.5, 0.6) is 0 Å². The zero-order chi connectivity index (χ0) is 10.4. The summed E-state index contributed by atoms with van der Waals surface area (Å²) in [4.78, 5) is 21.4. The van der Waals surface area contributed by atoms with Gasteiger partial charge in [0.25, 0.3) is 0 Å². The molecule has 0 spiro atoms. The molecule has 0 aliphatic heterocycles. The Kier molecular flexibility index (Phi) is 4.76. The van der Waals surface area contributed by atoms with Crippen LogP contribution in [0.15, 0.2) is 12.3 Å². The molecule has 0 saturated heterocycles. The summed E-state index contributed by atoms with van der Waals surface area (Å²) in [5.41, 5.74) is 10.2. The van der Waals surface area contributed by atoms with Gasteiger partial charge in [0.1, 0.15) is 0 Å². The standard InChI is InChI=1S/C8H14N2O3/c1-5(2)13-7(11)4-3-6(9)8(10)12/h6H,1,3-4,9H2,2H3,(H2,10,12)/t6-/m1/s1. The topological polar surface area (TPSA) is 95.4 Å². The van der Waals surface area contributed by atoms with Crippen molar-refractivity contribution in [3.05, 3.63) is 12.3 Å². The van der Waals surface area contributed by atoms with E-state index >= 15 is 0 Å². The Labute approximate surface area is 76.7 Å². The number of nitrogens with two attached hydrogens (primary N) is 2. The summed E-state index contributed by atoms with van der Waals surface area (Å²) in [5, 5.41) is 0. The van der Waals surface area contributed by atoms with E-state index in [9.17, 15) is 9.59 Å². The van der Waals surface area contributed by atoms with E-state index in [-0.39, 0.29) is 12.8 Å². The lowest BCUT2D eigenvalue weighted by Gasteiger charge is -2.06. The molecule has 0 saturated carbocycles. The van der Waals surface area contributed by atoms with E-state index in [1.54, 1.807) is 6.92 Å². The SMILES string of the molecule is C=C(C)OC(=O)CC[C@@H](N)C(N)=O. The van der Waals surface area contributed by atoms with E-state index in [0.29, 0.717) is 5.76 Å². The summed E-state index contributed by atoms with van der Waals surface area (Å²) < 4.78 is 4.64. The number of carbonyl (C=O) groups excluding carboxylic acids is 2. The number of hydrogen-bond acceptors (Lipinski definition) is 4. The number of amides is 1. The first-order valence-corrected chi connectivity index (χ1v) is 3.84. The highest BCUT2D eigenvalue weighted by atomic mass is 16.5. The van der Waals surface area contributed by atoms with Gasteiger partial charge in [0.05, 0.1) is 11.8 Å². The molecule has 0 aromatic carbocycles. The lowest BCUT2D eigenvalue weighted by molar-refractivity contribution is -0.139. The minimum absolute atomic E-state index is 0.0664. The molecule has 0 bridgehead atoms. The van der Waals surface area contributed by atoms with Crippen molar-refractivity contribution in [2.75, 3.05) is 0 Å². The molecule has 0 aliphatic carbocycles. The largest absolute Gasteiger partial charge is 0.432 e. The zero-order valence-electron chi connectivity index (χ0n) is 7.58. The van der Waals surface area contributed by atoms with Gasteiger partial charge in [0.2, 0.25) is 5.91 Å². The van der Waals surface area contributed by atoms with Crippen molar-refractivity contribution in [3.63, 3.8) is 0 Å². The van der Waals surface area contributed by atoms with Crippen molar-refractivity contribution < 1.29 is 14.3 Å². The number of allylic oxidation sites excluding steroid dienone is 1. The molecule has 0 aromatic rings. The van der Waals surface area contributed by atoms with Gasteiger partial charge in [0.15, 0.2) is 0 Å². The lowest BCUT2D eigenvalue weighted by Crippen LogP contribution is -2.36. The Balaban J connectivity index is 3.70. The van der Waals surface area contributed by atoms with Gasteiger partial charge >= 0.3 is 5.97 Å². The minimum Gasteiger partial charge on any atom is -0.432 e. The summed E-state index contributed by atoms with van der Waals surface area (Å²) in [6, 6.07) is -0.794. The first-order chi connectivity index (χ1) is 5.93. The predicted molar refractivity (Wildman–Crippen MR) is 47.3 cm³/mol. The highest BCUT2D eigenvalue weighted by molar-refractivity contribution is 5.80. The maximum Gasteiger partial charge on any atom is 0.310 e. The third kappa shape index (κ3) is 5.86. The molecule has 1 amide bonds. The summed E-state index contributed by atoms with van der Waals surface area (Å²) in [6.45, 7) is 4.95. The smallest absolute Gasteiger partial charge is 0.310 e. The van der Waals surface area contributed by atoms with Crippen molar-refractivity contribution in [2.45, 2.75) is 25.8 Å². The second kappa shape index (κ2) is 5.31. The van der Waals surface area contributed by atoms with E-state index < -0.39 is 17.9 Å². The maximum absolute atomic E-state index is 10.9. The fraction of sp³-hybridized carbons (Fsp3) is 0.500. The van der Waals surface area contributed by atoms with Crippen LogP contribution in [0.25, 0.3) is 0 Å². The Hall–Kier alpha value is -1.36. The normalized spacial score (nSPS) is 11.8. The van der Waals surface area contributed by atoms with Gasteiger partial charge in [-0.05, 0) is 13.3 Å². The van der Waals surface area contributed by atoms with Crippen molar-refractivity contribution >= 4 is 11.9 Å². The molecular formula is C8H14N2O3. The van der Waals surface area contributed by atoms with Gasteiger partial charge in [0, 0.05) is 6.42 Å². The molecule has 74 valence electrons. The van der Waals surface area contributed by atoms with Crippen molar-refractivity contribution in [1.29, 1.82) is 0 Å². The predicted octanol–water partition coefficient (Wildman–Crippen LogP) is -0.344. The van der Waals surface area contributed by atoms with Crippen LogP contribution in [-0.4, -0.2) is 17.9 Å². The van der Waals surface area contributed by atoms with Crippen LogP contribution in [0.2, 0.25) is 0 Å². The molecule has 0 aromatic heterocycles. The molecule has 5 heteroatoms. The summed E-state index contributed by atoms with van der Waals surface area (Å²) in [5.74, 6) is -0.759. The van der Waals surface area contributed by atoms with Crippen LogP contribution in [0.4, 0.5) is 0 Å². The summed E-state index contributed by atoms with van der Waals surface area (Å²) in [7, 11) is 0. The van der Waals surface area contributed by atoms with E-state index in [4.69, 9.17) is 11.5 Å². The molecule has 0 rings (SSSR count). The number of primary amides is 1.